The van der Waals surface area contributed by atoms with Crippen LogP contribution in [0.5, 0.6) is 0 Å². The summed E-state index contributed by atoms with van der Waals surface area (Å²) in [6.07, 6.45) is 0. The van der Waals surface area contributed by atoms with Crippen LogP contribution in [-0.4, -0.2) is 5.91 Å². The number of anilines is 2. The molecular weight excluding hydrogens is 252 g/mol. The number of rotatable bonds is 3. The molecule has 0 aromatic heterocycles. The molecule has 0 aliphatic rings. The predicted octanol–water partition coefficient (Wildman–Crippen LogP) is 2.40. The van der Waals surface area contributed by atoms with E-state index in [9.17, 15) is 4.79 Å². The number of aryl methyl sites for hydroxylation is 1. The quantitative estimate of drug-likeness (QED) is 0.587. The second kappa shape index (κ2) is 5.87. The Kier molecular flexibility index (Phi) is 3.99. The normalized spacial score (nSPS) is 9.65. The minimum atomic E-state index is -0.284. The van der Waals surface area contributed by atoms with E-state index in [1.807, 2.05) is 19.1 Å². The SMILES string of the molecule is Cc1ccc(C(=O)Nc2cccc(C#N)c2)c(NN)c1. The van der Waals surface area contributed by atoms with Gasteiger partial charge < -0.3 is 10.7 Å². The van der Waals surface area contributed by atoms with Crippen LogP contribution in [-0.2, 0) is 0 Å². The van der Waals surface area contributed by atoms with Crippen LogP contribution in [0.1, 0.15) is 21.5 Å². The van der Waals surface area contributed by atoms with Crippen molar-refractivity contribution in [2.45, 2.75) is 6.92 Å². The van der Waals surface area contributed by atoms with Gasteiger partial charge in [-0.25, -0.2) is 0 Å². The first-order chi connectivity index (χ1) is 9.63. The van der Waals surface area contributed by atoms with Gasteiger partial charge in [0.05, 0.1) is 22.9 Å². The highest BCUT2D eigenvalue weighted by Crippen LogP contribution is 2.19. The molecule has 1 amide bonds. The maximum Gasteiger partial charge on any atom is 0.257 e. The number of hydrazine groups is 1. The number of nitrogens with two attached hydrogens (primary N) is 1. The van der Waals surface area contributed by atoms with Gasteiger partial charge in [0.15, 0.2) is 0 Å². The second-order valence-electron chi connectivity index (χ2n) is 4.34. The lowest BCUT2D eigenvalue weighted by molar-refractivity contribution is 0.102. The van der Waals surface area contributed by atoms with Crippen molar-refractivity contribution in [2.24, 2.45) is 5.84 Å². The summed E-state index contributed by atoms with van der Waals surface area (Å²) in [5, 5.41) is 11.6. The van der Waals surface area contributed by atoms with Crippen LogP contribution in [0, 0.1) is 18.3 Å². The summed E-state index contributed by atoms with van der Waals surface area (Å²) >= 11 is 0. The maximum absolute atomic E-state index is 12.2. The molecule has 0 aliphatic heterocycles. The number of carbonyl (C=O) groups is 1. The zero-order chi connectivity index (χ0) is 14.5. The van der Waals surface area contributed by atoms with Crippen molar-refractivity contribution < 1.29 is 4.79 Å². The van der Waals surface area contributed by atoms with Crippen LogP contribution in [0.3, 0.4) is 0 Å². The Morgan fingerprint density at radius 3 is 2.75 bits per heavy atom. The van der Waals surface area contributed by atoms with Crippen LogP contribution < -0.4 is 16.6 Å². The molecule has 20 heavy (non-hydrogen) atoms. The van der Waals surface area contributed by atoms with E-state index in [0.717, 1.165) is 5.56 Å². The first-order valence-corrected chi connectivity index (χ1v) is 6.03. The molecular formula is C15H14N4O. The van der Waals surface area contributed by atoms with Crippen molar-refractivity contribution in [3.8, 4) is 6.07 Å². The lowest BCUT2D eigenvalue weighted by Crippen LogP contribution is -2.17. The minimum Gasteiger partial charge on any atom is -0.323 e. The Balaban J connectivity index is 2.26. The average molecular weight is 266 g/mol. The molecule has 5 nitrogen and oxygen atoms in total. The number of amides is 1. The minimum absolute atomic E-state index is 0.284. The summed E-state index contributed by atoms with van der Waals surface area (Å²) < 4.78 is 0. The first kappa shape index (κ1) is 13.6. The van der Waals surface area contributed by atoms with Crippen molar-refractivity contribution in [3.05, 3.63) is 59.2 Å². The number of carbonyl (C=O) groups excluding carboxylic acids is 1. The van der Waals surface area contributed by atoms with Gasteiger partial charge in [0, 0.05) is 5.69 Å². The summed E-state index contributed by atoms with van der Waals surface area (Å²) in [7, 11) is 0. The molecule has 2 aromatic rings. The second-order valence-corrected chi connectivity index (χ2v) is 4.34. The summed E-state index contributed by atoms with van der Waals surface area (Å²) in [6, 6.07) is 14.1. The fourth-order valence-corrected chi connectivity index (χ4v) is 1.84. The largest absolute Gasteiger partial charge is 0.323 e. The zero-order valence-electron chi connectivity index (χ0n) is 11.0. The van der Waals surface area contributed by atoms with Gasteiger partial charge in [-0.2, -0.15) is 5.26 Å². The van der Waals surface area contributed by atoms with Gasteiger partial charge in [-0.3, -0.25) is 10.6 Å². The fraction of sp³-hybridized carbons (Fsp3) is 0.0667. The highest BCUT2D eigenvalue weighted by atomic mass is 16.1. The summed E-state index contributed by atoms with van der Waals surface area (Å²) in [6.45, 7) is 1.92. The van der Waals surface area contributed by atoms with Gasteiger partial charge in [0.1, 0.15) is 0 Å². The van der Waals surface area contributed by atoms with Gasteiger partial charge in [-0.15, -0.1) is 0 Å². The van der Waals surface area contributed by atoms with E-state index in [1.54, 1.807) is 36.4 Å². The molecule has 0 saturated heterocycles. The Morgan fingerprint density at radius 2 is 2.05 bits per heavy atom. The third-order valence-corrected chi connectivity index (χ3v) is 2.82. The number of nitrogens with zero attached hydrogens (tertiary/aromatic N) is 1. The molecule has 2 aromatic carbocycles. The molecule has 0 saturated carbocycles. The van der Waals surface area contributed by atoms with Crippen LogP contribution >= 0.6 is 0 Å². The maximum atomic E-state index is 12.2. The number of hydrogen-bond acceptors (Lipinski definition) is 4. The fourth-order valence-electron chi connectivity index (χ4n) is 1.84. The van der Waals surface area contributed by atoms with E-state index in [-0.39, 0.29) is 5.91 Å². The number of benzene rings is 2. The van der Waals surface area contributed by atoms with E-state index in [2.05, 4.69) is 10.7 Å². The van der Waals surface area contributed by atoms with Crippen LogP contribution in [0.15, 0.2) is 42.5 Å². The molecule has 0 aliphatic carbocycles. The van der Waals surface area contributed by atoms with Crippen molar-refractivity contribution in [2.75, 3.05) is 10.7 Å². The van der Waals surface area contributed by atoms with Gasteiger partial charge >= 0.3 is 0 Å². The number of nitriles is 1. The Hall–Kier alpha value is -2.84. The van der Waals surface area contributed by atoms with Gasteiger partial charge in [0.25, 0.3) is 5.91 Å². The number of nitrogens with one attached hydrogen (secondary N) is 2. The monoisotopic (exact) mass is 266 g/mol. The van der Waals surface area contributed by atoms with Crippen molar-refractivity contribution >= 4 is 17.3 Å². The summed E-state index contributed by atoms with van der Waals surface area (Å²) in [4.78, 5) is 12.2. The molecule has 100 valence electrons. The molecule has 0 atom stereocenters. The van der Waals surface area contributed by atoms with E-state index < -0.39 is 0 Å². The van der Waals surface area contributed by atoms with Gasteiger partial charge in [-0.05, 0) is 42.8 Å². The number of nitrogen functional groups attached to an aromatic ring is 1. The molecule has 0 spiro atoms. The van der Waals surface area contributed by atoms with Crippen molar-refractivity contribution in [1.29, 1.82) is 5.26 Å². The molecule has 0 heterocycles. The molecule has 0 bridgehead atoms. The Labute approximate surface area is 117 Å². The van der Waals surface area contributed by atoms with Crippen molar-refractivity contribution in [3.63, 3.8) is 0 Å². The van der Waals surface area contributed by atoms with Crippen LogP contribution in [0.25, 0.3) is 0 Å². The average Bonchev–Trinajstić information content (AvgIpc) is 2.47. The molecule has 5 heteroatoms. The standard InChI is InChI=1S/C15H14N4O/c1-10-5-6-13(14(7-10)19-17)15(20)18-12-4-2-3-11(8-12)9-16/h2-8,19H,17H2,1H3,(H,18,20). The summed E-state index contributed by atoms with van der Waals surface area (Å²) in [5.41, 5.74) is 5.57. The lowest BCUT2D eigenvalue weighted by atomic mass is 10.1. The summed E-state index contributed by atoms with van der Waals surface area (Å²) in [5.74, 6) is 5.14. The number of hydrogen-bond donors (Lipinski definition) is 3. The lowest BCUT2D eigenvalue weighted by Gasteiger charge is -2.10. The third kappa shape index (κ3) is 2.94. The molecule has 2 rings (SSSR count). The zero-order valence-corrected chi connectivity index (χ0v) is 11.0. The smallest absolute Gasteiger partial charge is 0.257 e. The van der Waals surface area contributed by atoms with E-state index in [1.165, 1.54) is 0 Å². The predicted molar refractivity (Wildman–Crippen MR) is 78.1 cm³/mol. The highest BCUT2D eigenvalue weighted by molar-refractivity contribution is 6.08. The van der Waals surface area contributed by atoms with Crippen LogP contribution in [0.2, 0.25) is 0 Å². The van der Waals surface area contributed by atoms with E-state index in [4.69, 9.17) is 11.1 Å². The first-order valence-electron chi connectivity index (χ1n) is 6.03. The molecule has 0 unspecified atom stereocenters. The molecule has 4 N–H and O–H groups in total. The van der Waals surface area contributed by atoms with Crippen molar-refractivity contribution in [1.82, 2.24) is 0 Å². The highest BCUT2D eigenvalue weighted by Gasteiger charge is 2.11. The topological polar surface area (TPSA) is 90.9 Å². The Morgan fingerprint density at radius 1 is 1.25 bits per heavy atom. The Bertz CT molecular complexity index is 689. The third-order valence-electron chi connectivity index (χ3n) is 2.82. The molecule has 0 radical (unpaired) electrons. The van der Waals surface area contributed by atoms with Crippen LogP contribution in [0.4, 0.5) is 11.4 Å². The van der Waals surface area contributed by atoms with E-state index >= 15 is 0 Å². The van der Waals surface area contributed by atoms with E-state index in [0.29, 0.717) is 22.5 Å². The molecule has 0 fully saturated rings. The van der Waals surface area contributed by atoms with Gasteiger partial charge in [0.2, 0.25) is 0 Å². The van der Waals surface area contributed by atoms with Gasteiger partial charge in [-0.1, -0.05) is 12.1 Å².